The highest BCUT2D eigenvalue weighted by molar-refractivity contribution is 5.89. The van der Waals surface area contributed by atoms with Crippen LogP contribution in [0.15, 0.2) is 137 Å². The van der Waals surface area contributed by atoms with Crippen molar-refractivity contribution < 1.29 is 53.3 Å². The second-order valence-electron chi connectivity index (χ2n) is 12.6. The fraction of sp³-hybridized carbons (Fsp3) is 0.190. The van der Waals surface area contributed by atoms with Gasteiger partial charge in [-0.2, -0.15) is 0 Å². The zero-order valence-electron chi connectivity index (χ0n) is 28.7. The molecule has 12 heteroatoms. The third kappa shape index (κ3) is 8.07. The monoisotopic (exact) mass is 732 g/mol. The molecule has 4 N–H and O–H groups in total. The molecule has 5 unspecified atom stereocenters. The molecule has 1 aliphatic rings. The smallest absolute Gasteiger partial charge is 0.338 e. The first kappa shape index (κ1) is 36.2. The summed E-state index contributed by atoms with van der Waals surface area (Å²) in [6.07, 6.45) is -9.18. The number of fused-ring (bicyclic) bond motifs is 1. The standard InChI is InChI=1S/C42H36O12/c43-30-20-31(28-16-18-29(19-17-28)49-22-25-10-4-1-5-11-25)52-32-21-33(39(35(44)34(30)32)50-23-26-12-6-2-7-13-26)53-42-38(47)36(45)37(46)40(54-42)41(48)51-24-27-14-8-3-9-15-27/h1-21,36-38,40,42,44-47H,22-24H2. The molecule has 5 aromatic carbocycles. The van der Waals surface area contributed by atoms with Crippen LogP contribution in [0.5, 0.6) is 23.0 Å². The zero-order chi connectivity index (χ0) is 37.6. The maximum Gasteiger partial charge on any atom is 0.338 e. The van der Waals surface area contributed by atoms with Crippen molar-refractivity contribution in [2.45, 2.75) is 50.5 Å². The Morgan fingerprint density at radius 2 is 1.24 bits per heavy atom. The van der Waals surface area contributed by atoms with E-state index in [1.807, 2.05) is 36.4 Å². The highest BCUT2D eigenvalue weighted by Gasteiger charge is 2.49. The Morgan fingerprint density at radius 3 is 1.85 bits per heavy atom. The molecule has 1 aromatic heterocycles. The van der Waals surface area contributed by atoms with Crippen LogP contribution in [-0.2, 0) is 34.1 Å². The molecule has 54 heavy (non-hydrogen) atoms. The lowest BCUT2D eigenvalue weighted by molar-refractivity contribution is -0.273. The number of aliphatic hydroxyl groups is 3. The van der Waals surface area contributed by atoms with Crippen LogP contribution < -0.4 is 19.6 Å². The Labute approximate surface area is 308 Å². The number of aliphatic hydroxyl groups excluding tert-OH is 3. The van der Waals surface area contributed by atoms with Gasteiger partial charge in [-0.05, 0) is 41.0 Å². The second-order valence-corrected chi connectivity index (χ2v) is 12.6. The van der Waals surface area contributed by atoms with Gasteiger partial charge in [0.05, 0.1) is 0 Å². The molecule has 0 amide bonds. The minimum atomic E-state index is -1.90. The Hall–Kier alpha value is -6.18. The van der Waals surface area contributed by atoms with Crippen molar-refractivity contribution >= 4 is 16.9 Å². The van der Waals surface area contributed by atoms with Crippen LogP contribution in [0.1, 0.15) is 16.7 Å². The molecular weight excluding hydrogens is 696 g/mol. The number of carbonyl (C=O) groups excluding carboxylic acids is 1. The van der Waals surface area contributed by atoms with Crippen molar-refractivity contribution in [1.29, 1.82) is 0 Å². The SMILES string of the molecule is O=C(OCc1ccccc1)C1OC(Oc2cc3oc(-c4ccc(OCc5ccccc5)cc4)cc(=O)c3c(O)c2OCc2ccccc2)C(O)C(O)C1O. The molecule has 0 saturated carbocycles. The zero-order valence-corrected chi connectivity index (χ0v) is 28.7. The number of ether oxygens (including phenoxy) is 5. The van der Waals surface area contributed by atoms with Gasteiger partial charge < -0.3 is 48.5 Å². The molecule has 1 fully saturated rings. The van der Waals surface area contributed by atoms with Gasteiger partial charge in [-0.3, -0.25) is 4.79 Å². The summed E-state index contributed by atoms with van der Waals surface area (Å²) >= 11 is 0. The normalized spacial score (nSPS) is 19.6. The Balaban J connectivity index is 1.19. The molecule has 6 aromatic rings. The third-order valence-corrected chi connectivity index (χ3v) is 8.79. The maximum atomic E-state index is 13.5. The van der Waals surface area contributed by atoms with E-state index in [0.717, 1.165) is 11.1 Å². The summed E-state index contributed by atoms with van der Waals surface area (Å²) < 4.78 is 35.0. The number of phenolic OH excluding ortho intramolecular Hbond substituents is 1. The van der Waals surface area contributed by atoms with Gasteiger partial charge in [0.1, 0.15) is 60.6 Å². The van der Waals surface area contributed by atoms with Crippen LogP contribution in [-0.4, -0.2) is 57.1 Å². The van der Waals surface area contributed by atoms with Gasteiger partial charge in [0.25, 0.3) is 0 Å². The maximum absolute atomic E-state index is 13.5. The number of carbonyl (C=O) groups is 1. The molecular formula is C42H36O12. The van der Waals surface area contributed by atoms with Crippen molar-refractivity contribution in [3.63, 3.8) is 0 Å². The number of phenols is 1. The molecule has 5 atom stereocenters. The van der Waals surface area contributed by atoms with Gasteiger partial charge in [-0.1, -0.05) is 91.0 Å². The van der Waals surface area contributed by atoms with E-state index < -0.39 is 47.9 Å². The van der Waals surface area contributed by atoms with E-state index in [0.29, 0.717) is 23.5 Å². The molecule has 0 spiro atoms. The van der Waals surface area contributed by atoms with Gasteiger partial charge >= 0.3 is 5.97 Å². The van der Waals surface area contributed by atoms with Crippen molar-refractivity contribution in [3.8, 4) is 34.3 Å². The third-order valence-electron chi connectivity index (χ3n) is 8.79. The molecule has 1 saturated heterocycles. The minimum absolute atomic E-state index is 0.0672. The van der Waals surface area contributed by atoms with Crippen molar-refractivity contribution in [3.05, 3.63) is 154 Å². The molecule has 276 valence electrons. The molecule has 2 heterocycles. The quantitative estimate of drug-likeness (QED) is 0.121. The van der Waals surface area contributed by atoms with Gasteiger partial charge in [-0.15, -0.1) is 0 Å². The van der Waals surface area contributed by atoms with E-state index >= 15 is 0 Å². The summed E-state index contributed by atoms with van der Waals surface area (Å²) in [6, 6.07) is 36.9. The van der Waals surface area contributed by atoms with Crippen molar-refractivity contribution in [1.82, 2.24) is 0 Å². The van der Waals surface area contributed by atoms with Crippen LogP contribution in [0.3, 0.4) is 0 Å². The summed E-state index contributed by atoms with van der Waals surface area (Å²) in [6.45, 7) is 0.159. The van der Waals surface area contributed by atoms with E-state index in [4.69, 9.17) is 28.1 Å². The van der Waals surface area contributed by atoms with E-state index in [1.54, 1.807) is 78.9 Å². The van der Waals surface area contributed by atoms with E-state index in [9.17, 15) is 30.0 Å². The van der Waals surface area contributed by atoms with Crippen LogP contribution in [0.25, 0.3) is 22.3 Å². The number of rotatable bonds is 12. The summed E-state index contributed by atoms with van der Waals surface area (Å²) in [5.41, 5.74) is 2.23. The van der Waals surface area contributed by atoms with Crippen molar-refractivity contribution in [2.75, 3.05) is 0 Å². The summed E-state index contributed by atoms with van der Waals surface area (Å²) in [7, 11) is 0. The van der Waals surface area contributed by atoms with Gasteiger partial charge in [0.2, 0.25) is 12.0 Å². The fourth-order valence-corrected chi connectivity index (χ4v) is 5.89. The molecule has 0 aliphatic carbocycles. The molecule has 7 rings (SSSR count). The number of hydrogen-bond acceptors (Lipinski definition) is 12. The minimum Gasteiger partial charge on any atom is -0.504 e. The second kappa shape index (κ2) is 16.2. The molecule has 0 bridgehead atoms. The predicted molar refractivity (Wildman–Crippen MR) is 195 cm³/mol. The highest BCUT2D eigenvalue weighted by Crippen LogP contribution is 2.44. The first-order valence-corrected chi connectivity index (χ1v) is 17.1. The predicted octanol–water partition coefficient (Wildman–Crippen LogP) is 5.25. The first-order valence-electron chi connectivity index (χ1n) is 17.1. The van der Waals surface area contributed by atoms with Gasteiger partial charge in [-0.25, -0.2) is 4.79 Å². The largest absolute Gasteiger partial charge is 0.504 e. The number of benzene rings is 5. The molecule has 1 aliphatic heterocycles. The number of hydrogen-bond donors (Lipinski definition) is 4. The van der Waals surface area contributed by atoms with Gasteiger partial charge in [0, 0.05) is 17.7 Å². The van der Waals surface area contributed by atoms with Crippen LogP contribution in [0.2, 0.25) is 0 Å². The number of aromatic hydroxyl groups is 1. The number of esters is 1. The van der Waals surface area contributed by atoms with Crippen LogP contribution in [0, 0.1) is 0 Å². The summed E-state index contributed by atoms with van der Waals surface area (Å²) in [4.78, 5) is 26.6. The van der Waals surface area contributed by atoms with Crippen LogP contribution >= 0.6 is 0 Å². The average molecular weight is 733 g/mol. The lowest BCUT2D eigenvalue weighted by Gasteiger charge is -2.39. The van der Waals surface area contributed by atoms with Crippen molar-refractivity contribution in [2.24, 2.45) is 0 Å². The summed E-state index contributed by atoms with van der Waals surface area (Å²) in [5, 5.41) is 43.6. The Bertz CT molecular complexity index is 2240. The average Bonchev–Trinajstić information content (AvgIpc) is 3.20. The first-order chi connectivity index (χ1) is 26.2. The lowest BCUT2D eigenvalue weighted by Crippen LogP contribution is -2.61. The topological polar surface area (TPSA) is 174 Å². The van der Waals surface area contributed by atoms with E-state index in [-0.39, 0.29) is 41.4 Å². The molecule has 0 radical (unpaired) electrons. The fourth-order valence-electron chi connectivity index (χ4n) is 5.89. The highest BCUT2D eigenvalue weighted by atomic mass is 16.7. The Kier molecular flexibility index (Phi) is 10.9. The van der Waals surface area contributed by atoms with E-state index in [2.05, 4.69) is 0 Å². The van der Waals surface area contributed by atoms with Gasteiger partial charge in [0.15, 0.2) is 23.0 Å². The molecule has 12 nitrogen and oxygen atoms in total. The Morgan fingerprint density at radius 1 is 0.667 bits per heavy atom. The summed E-state index contributed by atoms with van der Waals surface area (Å²) in [5.74, 6) is -1.43. The van der Waals surface area contributed by atoms with Crippen LogP contribution in [0.4, 0.5) is 0 Å². The lowest BCUT2D eigenvalue weighted by atomic mass is 9.99. The van der Waals surface area contributed by atoms with E-state index in [1.165, 1.54) is 12.1 Å².